The van der Waals surface area contributed by atoms with Crippen LogP contribution in [0, 0.1) is 83.1 Å². The molecule has 8 bridgehead atoms. The standard InChI is InChI=1S/C56H52N4.Ru/c1-29-21-33(5)49(34(6)22-29)53-41-13-15-43(57-41)54(50-35(7)23-30(2)24-36(50)8)45-17-19-47(59-45)56(52-39(11)27-32(4)28-40(52)12)48-20-18-46(60-48)55(44-16-14-42(53)58-44)51-37(9)25-31(3)26-38(51)10;/h13-28H,1-12H3;/q-2;+2. The Hall–Kier alpha value is -5.90. The Morgan fingerprint density at radius 1 is 0.279 bits per heavy atom. The molecule has 0 spiro atoms. The summed E-state index contributed by atoms with van der Waals surface area (Å²) >= 11 is 0. The molecule has 0 radical (unpaired) electrons. The third-order valence-corrected chi connectivity index (χ3v) is 12.3. The van der Waals surface area contributed by atoms with Crippen LogP contribution in [0.5, 0.6) is 0 Å². The van der Waals surface area contributed by atoms with E-state index in [4.69, 9.17) is 19.9 Å². The molecule has 5 heteroatoms. The van der Waals surface area contributed by atoms with Gasteiger partial charge in [0.1, 0.15) is 0 Å². The molecule has 0 amide bonds. The summed E-state index contributed by atoms with van der Waals surface area (Å²) in [5.74, 6) is 0. The molecule has 0 atom stereocenters. The fraction of sp³-hybridized carbons (Fsp3) is 0.214. The van der Waals surface area contributed by atoms with E-state index >= 15 is 0 Å². The van der Waals surface area contributed by atoms with Gasteiger partial charge in [0.05, 0.1) is 22.8 Å². The van der Waals surface area contributed by atoms with Crippen LogP contribution in [0.15, 0.2) is 72.8 Å². The van der Waals surface area contributed by atoms with Crippen LogP contribution in [0.2, 0.25) is 0 Å². The van der Waals surface area contributed by atoms with Gasteiger partial charge in [0.25, 0.3) is 0 Å². The molecule has 0 fully saturated rings. The molecular formula is C56H52N4Ru. The second-order valence-corrected chi connectivity index (χ2v) is 17.5. The zero-order chi connectivity index (χ0) is 42.3. The van der Waals surface area contributed by atoms with Gasteiger partial charge in [-0.05, 0) is 196 Å². The first-order chi connectivity index (χ1) is 28.7. The molecule has 0 aliphatic carbocycles. The summed E-state index contributed by atoms with van der Waals surface area (Å²) < 4.78 is 0. The number of benzene rings is 4. The van der Waals surface area contributed by atoms with Gasteiger partial charge in [0.15, 0.2) is 0 Å². The van der Waals surface area contributed by atoms with Gasteiger partial charge in [0.2, 0.25) is 0 Å². The smallest absolute Gasteiger partial charge is 0.657 e. The third kappa shape index (κ3) is 7.27. The van der Waals surface area contributed by atoms with Gasteiger partial charge in [-0.15, -0.1) is 22.1 Å². The molecule has 9 rings (SSSR count). The van der Waals surface area contributed by atoms with E-state index in [9.17, 15) is 0 Å². The van der Waals surface area contributed by atoms with Crippen molar-refractivity contribution >= 4 is 46.4 Å². The number of hydrogen-bond donors (Lipinski definition) is 0. The molecule has 4 aromatic carbocycles. The van der Waals surface area contributed by atoms with Crippen LogP contribution in [0.3, 0.4) is 0 Å². The number of aromatic nitrogens is 4. The van der Waals surface area contributed by atoms with Crippen LogP contribution in [0.25, 0.3) is 90.9 Å². The van der Waals surface area contributed by atoms with Gasteiger partial charge in [-0.1, -0.05) is 95.1 Å². The first-order valence-corrected chi connectivity index (χ1v) is 21.1. The van der Waals surface area contributed by atoms with E-state index in [2.05, 4.69) is 180 Å². The molecule has 0 unspecified atom stereocenters. The van der Waals surface area contributed by atoms with Crippen LogP contribution < -0.4 is 9.97 Å². The zero-order valence-corrected chi connectivity index (χ0v) is 39.1. The number of nitrogens with zero attached hydrogens (tertiary/aromatic N) is 4. The summed E-state index contributed by atoms with van der Waals surface area (Å²) in [6, 6.07) is 26.9. The minimum Gasteiger partial charge on any atom is -0.657 e. The summed E-state index contributed by atoms with van der Waals surface area (Å²) in [6.07, 6.45) is 8.72. The Kier molecular flexibility index (Phi) is 10.9. The first-order valence-electron chi connectivity index (χ1n) is 21.1. The molecular weight excluding hydrogens is 830 g/mol. The Morgan fingerprint density at radius 3 is 0.639 bits per heavy atom. The summed E-state index contributed by atoms with van der Waals surface area (Å²) in [5.41, 5.74) is 30.4. The molecule has 7 aromatic rings. The van der Waals surface area contributed by atoms with Crippen LogP contribution in [-0.4, -0.2) is 9.97 Å². The topological polar surface area (TPSA) is 54.0 Å². The van der Waals surface area contributed by atoms with Gasteiger partial charge >= 0.3 is 19.5 Å². The van der Waals surface area contributed by atoms with E-state index in [1.807, 2.05) is 0 Å². The van der Waals surface area contributed by atoms with E-state index in [0.29, 0.717) is 0 Å². The zero-order valence-electron chi connectivity index (χ0n) is 37.4. The number of aryl methyl sites for hydroxylation is 12. The van der Waals surface area contributed by atoms with Crippen LogP contribution in [-0.2, 0) is 19.5 Å². The first kappa shape index (κ1) is 41.8. The Labute approximate surface area is 373 Å². The van der Waals surface area contributed by atoms with Crippen molar-refractivity contribution in [1.82, 2.24) is 19.9 Å². The second-order valence-electron chi connectivity index (χ2n) is 17.5. The van der Waals surface area contributed by atoms with E-state index in [-0.39, 0.29) is 19.5 Å². The SMILES string of the molecule is Cc1cc(C)c(-c2c3nc(c(-c4c(C)cc(C)cc4C)c4ccc([n-]4)c(-c4c(C)cc(C)cc4C)c4nc(c(-c5c(C)cc(C)cc5C)c5ccc2[n-]5)C=C4)C=C3)c(C)c1.[Ru+2]. The van der Waals surface area contributed by atoms with Crippen LogP contribution >= 0.6 is 0 Å². The van der Waals surface area contributed by atoms with Gasteiger partial charge < -0.3 is 9.97 Å². The Bertz CT molecular complexity index is 2710. The summed E-state index contributed by atoms with van der Waals surface area (Å²) in [4.78, 5) is 22.4. The number of rotatable bonds is 4. The van der Waals surface area contributed by atoms with Gasteiger partial charge in [0, 0.05) is 0 Å². The summed E-state index contributed by atoms with van der Waals surface area (Å²) in [5, 5.41) is 0. The number of fused-ring (bicyclic) bond motifs is 8. The van der Waals surface area contributed by atoms with Gasteiger partial charge in [-0.2, -0.15) is 0 Å². The summed E-state index contributed by atoms with van der Waals surface area (Å²) in [7, 11) is 0. The minimum atomic E-state index is 0. The number of hydrogen-bond acceptors (Lipinski definition) is 2. The molecule has 0 saturated heterocycles. The van der Waals surface area contributed by atoms with Crippen molar-refractivity contribution in [3.63, 3.8) is 0 Å². The van der Waals surface area contributed by atoms with Crippen molar-refractivity contribution in [2.24, 2.45) is 0 Å². The quantitative estimate of drug-likeness (QED) is 0.165. The minimum absolute atomic E-state index is 0. The maximum Gasteiger partial charge on any atom is 2.00 e. The van der Waals surface area contributed by atoms with E-state index in [0.717, 1.165) is 89.4 Å². The average Bonchev–Trinajstić information content (AvgIpc) is 3.99. The van der Waals surface area contributed by atoms with Crippen molar-refractivity contribution in [3.05, 3.63) is 162 Å². The molecule has 61 heavy (non-hydrogen) atoms. The molecule has 5 heterocycles. The van der Waals surface area contributed by atoms with Gasteiger partial charge in [-0.3, -0.25) is 0 Å². The predicted molar refractivity (Wildman–Crippen MR) is 255 cm³/mol. The molecule has 2 aliphatic rings. The molecule has 304 valence electrons. The molecule has 3 aromatic heterocycles. The van der Waals surface area contributed by atoms with Crippen molar-refractivity contribution in [3.8, 4) is 44.5 Å². The van der Waals surface area contributed by atoms with Crippen molar-refractivity contribution in [1.29, 1.82) is 0 Å². The van der Waals surface area contributed by atoms with Crippen LogP contribution in [0.4, 0.5) is 0 Å². The van der Waals surface area contributed by atoms with Crippen LogP contribution in [0.1, 0.15) is 89.5 Å². The predicted octanol–water partition coefficient (Wildman–Crippen LogP) is 14.3. The van der Waals surface area contributed by atoms with E-state index in [1.54, 1.807) is 0 Å². The Morgan fingerprint density at radius 2 is 0.459 bits per heavy atom. The van der Waals surface area contributed by atoms with Crippen molar-refractivity contribution < 1.29 is 19.5 Å². The normalized spacial score (nSPS) is 12.0. The van der Waals surface area contributed by atoms with Gasteiger partial charge in [-0.25, -0.2) is 9.97 Å². The fourth-order valence-electron chi connectivity index (χ4n) is 10.4. The fourth-order valence-corrected chi connectivity index (χ4v) is 10.4. The van der Waals surface area contributed by atoms with Crippen molar-refractivity contribution in [2.75, 3.05) is 0 Å². The molecule has 2 aliphatic heterocycles. The molecule has 4 nitrogen and oxygen atoms in total. The maximum atomic E-state index is 5.59. The molecule has 0 N–H and O–H groups in total. The molecule has 0 saturated carbocycles. The van der Waals surface area contributed by atoms with Crippen molar-refractivity contribution in [2.45, 2.75) is 83.1 Å². The average molecular weight is 882 g/mol. The second kappa shape index (κ2) is 15.9. The third-order valence-electron chi connectivity index (χ3n) is 12.3. The van der Waals surface area contributed by atoms with E-state index in [1.165, 1.54) is 66.8 Å². The largest absolute Gasteiger partial charge is 2.00 e. The Balaban J connectivity index is 0.00000514. The monoisotopic (exact) mass is 882 g/mol. The van der Waals surface area contributed by atoms with E-state index < -0.39 is 0 Å². The maximum absolute atomic E-state index is 5.59. The summed E-state index contributed by atoms with van der Waals surface area (Å²) in [6.45, 7) is 26.3.